The summed E-state index contributed by atoms with van der Waals surface area (Å²) in [5.41, 5.74) is 4.59. The third-order valence-corrected chi connectivity index (χ3v) is 6.70. The number of benzene rings is 2. The van der Waals surface area contributed by atoms with Gasteiger partial charge in [0.25, 0.3) is 5.91 Å². The van der Waals surface area contributed by atoms with Crippen molar-refractivity contribution < 1.29 is 9.21 Å². The van der Waals surface area contributed by atoms with Gasteiger partial charge >= 0.3 is 0 Å². The number of aromatic nitrogens is 2. The Balaban J connectivity index is 1.42. The van der Waals surface area contributed by atoms with E-state index < -0.39 is 0 Å². The van der Waals surface area contributed by atoms with E-state index in [9.17, 15) is 4.79 Å². The number of para-hydroxylation sites is 1. The third kappa shape index (κ3) is 4.31. The van der Waals surface area contributed by atoms with Crippen LogP contribution < -0.4 is 0 Å². The summed E-state index contributed by atoms with van der Waals surface area (Å²) < 4.78 is 7.55. The molecule has 0 radical (unpaired) electrons. The molecule has 2 aromatic carbocycles. The van der Waals surface area contributed by atoms with Crippen molar-refractivity contribution in [3.05, 3.63) is 96.6 Å². The van der Waals surface area contributed by atoms with Crippen molar-refractivity contribution in [2.75, 3.05) is 19.6 Å². The monoisotopic (exact) mass is 465 g/mol. The molecule has 6 rings (SSSR count). The average Bonchev–Trinajstić information content (AvgIpc) is 3.71. The molecule has 1 unspecified atom stereocenters. The Morgan fingerprint density at radius 1 is 0.943 bits per heavy atom. The molecule has 1 amide bonds. The maximum Gasteiger partial charge on any atom is 0.257 e. The van der Waals surface area contributed by atoms with E-state index in [2.05, 4.69) is 17.0 Å². The first-order chi connectivity index (χ1) is 17.3. The van der Waals surface area contributed by atoms with Gasteiger partial charge in [-0.25, -0.2) is 9.69 Å². The summed E-state index contributed by atoms with van der Waals surface area (Å²) in [5.74, 6) is 0.702. The molecule has 0 bridgehead atoms. The minimum absolute atomic E-state index is 0.00456. The number of hydrazone groups is 1. The van der Waals surface area contributed by atoms with Crippen LogP contribution in [0.3, 0.4) is 0 Å². The number of hydrogen-bond donors (Lipinski definition) is 0. The van der Waals surface area contributed by atoms with E-state index in [1.807, 2.05) is 71.5 Å². The molecule has 2 aliphatic rings. The van der Waals surface area contributed by atoms with E-state index in [1.165, 1.54) is 0 Å². The Morgan fingerprint density at radius 3 is 2.40 bits per heavy atom. The molecule has 0 spiro atoms. The van der Waals surface area contributed by atoms with Crippen molar-refractivity contribution in [3.63, 3.8) is 0 Å². The smallest absolute Gasteiger partial charge is 0.257 e. The Morgan fingerprint density at radius 2 is 1.69 bits per heavy atom. The normalized spacial score (nSPS) is 18.2. The zero-order valence-corrected chi connectivity index (χ0v) is 19.5. The number of furan rings is 1. The summed E-state index contributed by atoms with van der Waals surface area (Å²) in [6, 6.07) is 23.7. The Hall–Kier alpha value is -3.97. The second-order valence-corrected chi connectivity index (χ2v) is 9.04. The fourth-order valence-corrected chi connectivity index (χ4v) is 4.94. The lowest BCUT2D eigenvalue weighted by Gasteiger charge is -2.24. The predicted octanol–water partition coefficient (Wildman–Crippen LogP) is 4.91. The number of nitrogens with zero attached hydrogens (tertiary/aromatic N) is 5. The lowest BCUT2D eigenvalue weighted by Crippen LogP contribution is -2.37. The van der Waals surface area contributed by atoms with E-state index >= 15 is 0 Å². The van der Waals surface area contributed by atoms with Crippen LogP contribution >= 0.6 is 0 Å². The molecular weight excluding hydrogens is 438 g/mol. The van der Waals surface area contributed by atoms with Crippen LogP contribution in [-0.4, -0.2) is 50.9 Å². The molecule has 2 aliphatic heterocycles. The van der Waals surface area contributed by atoms with Crippen LogP contribution in [0.25, 0.3) is 16.9 Å². The van der Waals surface area contributed by atoms with Gasteiger partial charge in [-0.1, -0.05) is 48.5 Å². The largest absolute Gasteiger partial charge is 0.463 e. The van der Waals surface area contributed by atoms with Gasteiger partial charge in [0, 0.05) is 23.7 Å². The summed E-state index contributed by atoms with van der Waals surface area (Å²) in [7, 11) is 0. The number of amides is 1. The zero-order chi connectivity index (χ0) is 23.6. The van der Waals surface area contributed by atoms with E-state index in [4.69, 9.17) is 14.6 Å². The number of hydrogen-bond acceptors (Lipinski definition) is 5. The quantitative estimate of drug-likeness (QED) is 0.406. The van der Waals surface area contributed by atoms with Gasteiger partial charge in [0.2, 0.25) is 0 Å². The Kier molecular flexibility index (Phi) is 5.76. The molecule has 1 atom stereocenters. The van der Waals surface area contributed by atoms with Gasteiger partial charge in [-0.3, -0.25) is 9.69 Å². The van der Waals surface area contributed by atoms with E-state index in [0.717, 1.165) is 54.2 Å². The lowest BCUT2D eigenvalue weighted by molar-refractivity contribution is -0.134. The number of carbonyl (C=O) groups excluding carboxylic acids is 1. The number of likely N-dealkylation sites (tertiary alicyclic amines) is 1. The van der Waals surface area contributed by atoms with Crippen LogP contribution in [-0.2, 0) is 4.79 Å². The summed E-state index contributed by atoms with van der Waals surface area (Å²) >= 11 is 0. The second-order valence-electron chi connectivity index (χ2n) is 9.04. The molecule has 7 heteroatoms. The SMILES string of the molecule is O=C(CN1CCCC1)N1N=C(c2ccco2)CC1c1cn(-c2ccccc2)nc1-c1ccccc1. The van der Waals surface area contributed by atoms with Crippen molar-refractivity contribution in [2.45, 2.75) is 25.3 Å². The van der Waals surface area contributed by atoms with Gasteiger partial charge < -0.3 is 4.42 Å². The van der Waals surface area contributed by atoms with Crippen LogP contribution in [0.5, 0.6) is 0 Å². The third-order valence-electron chi connectivity index (χ3n) is 6.70. The van der Waals surface area contributed by atoms with Crippen LogP contribution in [0.4, 0.5) is 0 Å². The topological polar surface area (TPSA) is 66.9 Å². The van der Waals surface area contributed by atoms with Gasteiger partial charge in [-0.05, 0) is 50.2 Å². The Bertz CT molecular complexity index is 1320. The highest BCUT2D eigenvalue weighted by Gasteiger charge is 2.37. The maximum absolute atomic E-state index is 13.5. The van der Waals surface area contributed by atoms with Gasteiger partial charge in [0.15, 0.2) is 0 Å². The van der Waals surface area contributed by atoms with Gasteiger partial charge in [0.05, 0.1) is 30.2 Å². The minimum atomic E-state index is -0.266. The summed E-state index contributed by atoms with van der Waals surface area (Å²) in [6.45, 7) is 2.29. The van der Waals surface area contributed by atoms with Crippen molar-refractivity contribution in [3.8, 4) is 16.9 Å². The lowest BCUT2D eigenvalue weighted by atomic mass is 9.98. The van der Waals surface area contributed by atoms with Gasteiger partial charge in [-0.15, -0.1) is 0 Å². The van der Waals surface area contributed by atoms with E-state index in [-0.39, 0.29) is 11.9 Å². The molecule has 0 N–H and O–H groups in total. The standard InChI is InChI=1S/C28H27N5O2/c34-27(20-31-15-7-8-16-31)33-25(18-24(29-33)26-14-9-17-35-26)23-19-32(22-12-5-2-6-13-22)30-28(23)21-10-3-1-4-11-21/h1-6,9-14,17,19,25H,7-8,15-16,18,20H2. The van der Waals surface area contributed by atoms with Crippen molar-refractivity contribution >= 4 is 11.6 Å². The highest BCUT2D eigenvalue weighted by atomic mass is 16.3. The molecule has 7 nitrogen and oxygen atoms in total. The molecule has 1 fully saturated rings. The van der Waals surface area contributed by atoms with Crippen LogP contribution in [0, 0.1) is 0 Å². The molecule has 0 aliphatic carbocycles. The molecule has 1 saturated heterocycles. The van der Waals surface area contributed by atoms with Gasteiger partial charge in [0.1, 0.15) is 11.5 Å². The maximum atomic E-state index is 13.5. The van der Waals surface area contributed by atoms with Crippen LogP contribution in [0.1, 0.15) is 36.6 Å². The average molecular weight is 466 g/mol. The minimum Gasteiger partial charge on any atom is -0.463 e. The highest BCUT2D eigenvalue weighted by molar-refractivity contribution is 6.01. The first-order valence-electron chi connectivity index (χ1n) is 12.1. The first-order valence-corrected chi connectivity index (χ1v) is 12.1. The summed E-state index contributed by atoms with van der Waals surface area (Å²) in [6.07, 6.45) is 6.53. The number of rotatable bonds is 6. The Labute approximate surface area is 204 Å². The van der Waals surface area contributed by atoms with Crippen molar-refractivity contribution in [1.29, 1.82) is 0 Å². The molecule has 4 heterocycles. The molecule has 0 saturated carbocycles. The zero-order valence-electron chi connectivity index (χ0n) is 19.5. The van der Waals surface area contributed by atoms with E-state index in [1.54, 1.807) is 11.3 Å². The molecule has 2 aromatic heterocycles. The van der Waals surface area contributed by atoms with Gasteiger partial charge in [-0.2, -0.15) is 10.2 Å². The van der Waals surface area contributed by atoms with Crippen molar-refractivity contribution in [1.82, 2.24) is 19.7 Å². The van der Waals surface area contributed by atoms with Crippen LogP contribution in [0.2, 0.25) is 0 Å². The van der Waals surface area contributed by atoms with E-state index in [0.29, 0.717) is 18.7 Å². The summed E-state index contributed by atoms with van der Waals surface area (Å²) in [4.78, 5) is 15.8. The van der Waals surface area contributed by atoms with Crippen molar-refractivity contribution in [2.24, 2.45) is 5.10 Å². The highest BCUT2D eigenvalue weighted by Crippen LogP contribution is 2.38. The summed E-state index contributed by atoms with van der Waals surface area (Å²) in [5, 5.41) is 11.4. The molecule has 176 valence electrons. The molecular formula is C28H27N5O2. The number of carbonyl (C=O) groups is 1. The second kappa shape index (κ2) is 9.35. The fraction of sp³-hybridized carbons (Fsp3) is 0.250. The first kappa shape index (κ1) is 21.6. The fourth-order valence-electron chi connectivity index (χ4n) is 4.94. The predicted molar refractivity (Wildman–Crippen MR) is 134 cm³/mol. The molecule has 4 aromatic rings. The van der Waals surface area contributed by atoms with Crippen LogP contribution in [0.15, 0.2) is 94.8 Å². The molecule has 35 heavy (non-hydrogen) atoms.